The van der Waals surface area contributed by atoms with Gasteiger partial charge in [0.2, 0.25) is 0 Å². The maximum Gasteiger partial charge on any atom is 0.267 e. The first-order valence-corrected chi connectivity index (χ1v) is 7.10. The fourth-order valence-electron chi connectivity index (χ4n) is 2.47. The van der Waals surface area contributed by atoms with Crippen molar-refractivity contribution in [3.05, 3.63) is 45.9 Å². The molecule has 0 aromatic carbocycles. The Hall–Kier alpha value is -3.16. The molecule has 114 valence electrons. The smallest absolute Gasteiger partial charge is 0.267 e. The van der Waals surface area contributed by atoms with Crippen LogP contribution in [0.3, 0.4) is 0 Å². The Bertz CT molecular complexity index is 895. The van der Waals surface area contributed by atoms with E-state index >= 15 is 0 Å². The molecule has 7 nitrogen and oxygen atoms in total. The molecule has 3 heterocycles. The molecule has 0 spiro atoms. The van der Waals surface area contributed by atoms with Crippen LogP contribution in [0.5, 0.6) is 0 Å². The molecule has 7 heteroatoms. The van der Waals surface area contributed by atoms with E-state index in [4.69, 9.17) is 15.3 Å². The van der Waals surface area contributed by atoms with Gasteiger partial charge in [-0.15, -0.1) is 0 Å². The van der Waals surface area contributed by atoms with Gasteiger partial charge in [0.1, 0.15) is 29.2 Å². The molecule has 0 N–H and O–H groups in total. The van der Waals surface area contributed by atoms with Crippen LogP contribution in [0.25, 0.3) is 11.7 Å². The number of pyridine rings is 1. The van der Waals surface area contributed by atoms with Crippen LogP contribution in [0.15, 0.2) is 34.8 Å². The Labute approximate surface area is 132 Å². The van der Waals surface area contributed by atoms with E-state index in [0.717, 1.165) is 0 Å². The minimum Gasteiger partial charge on any atom is -0.378 e. The number of nitriles is 2. The second-order valence-corrected chi connectivity index (χ2v) is 4.96. The highest BCUT2D eigenvalue weighted by Gasteiger charge is 2.19. The molecule has 1 fully saturated rings. The summed E-state index contributed by atoms with van der Waals surface area (Å²) in [5.74, 6) is 0.479. The van der Waals surface area contributed by atoms with Crippen LogP contribution in [0, 0.1) is 22.7 Å². The summed E-state index contributed by atoms with van der Waals surface area (Å²) in [6.07, 6.45) is 2.92. The maximum atomic E-state index is 12.8. The molecule has 1 aliphatic rings. The molecule has 0 bridgehead atoms. The van der Waals surface area contributed by atoms with E-state index in [1.54, 1.807) is 36.5 Å². The lowest BCUT2D eigenvalue weighted by Gasteiger charge is -2.29. The number of fused-ring (bicyclic) bond motifs is 1. The highest BCUT2D eigenvalue weighted by Crippen LogP contribution is 2.20. The van der Waals surface area contributed by atoms with E-state index in [0.29, 0.717) is 37.8 Å². The largest absolute Gasteiger partial charge is 0.378 e. The zero-order valence-corrected chi connectivity index (χ0v) is 12.3. The van der Waals surface area contributed by atoms with E-state index in [1.165, 1.54) is 10.5 Å². The molecule has 1 saturated heterocycles. The van der Waals surface area contributed by atoms with Crippen molar-refractivity contribution in [2.45, 2.75) is 0 Å². The van der Waals surface area contributed by atoms with Gasteiger partial charge in [0.25, 0.3) is 5.56 Å². The molecular weight excluding hydrogens is 294 g/mol. The molecule has 0 atom stereocenters. The van der Waals surface area contributed by atoms with Crippen molar-refractivity contribution >= 4 is 17.5 Å². The number of hydrogen-bond acceptors (Lipinski definition) is 6. The van der Waals surface area contributed by atoms with Gasteiger partial charge in [-0.1, -0.05) is 6.07 Å². The Morgan fingerprint density at radius 3 is 2.70 bits per heavy atom. The van der Waals surface area contributed by atoms with Crippen molar-refractivity contribution < 1.29 is 4.74 Å². The third kappa shape index (κ3) is 2.78. The van der Waals surface area contributed by atoms with Gasteiger partial charge < -0.3 is 9.64 Å². The zero-order chi connectivity index (χ0) is 16.2. The van der Waals surface area contributed by atoms with E-state index < -0.39 is 0 Å². The van der Waals surface area contributed by atoms with Gasteiger partial charge in [0, 0.05) is 19.3 Å². The van der Waals surface area contributed by atoms with Crippen LogP contribution < -0.4 is 10.5 Å². The topological polar surface area (TPSA) is 94.4 Å². The Morgan fingerprint density at radius 1 is 1.26 bits per heavy atom. The SMILES string of the molecule is N#CC(C#N)=Cc1c(N2CCOCC2)nc2ccccn2c1=O. The molecule has 1 aliphatic heterocycles. The van der Waals surface area contributed by atoms with Crippen LogP contribution in [0.2, 0.25) is 0 Å². The summed E-state index contributed by atoms with van der Waals surface area (Å²) in [5, 5.41) is 18.0. The molecule has 0 radical (unpaired) electrons. The standard InChI is InChI=1S/C16H13N5O2/c17-10-12(11-18)9-13-15(20-5-7-23-8-6-20)19-14-3-1-2-4-21(14)16(13)22/h1-4,9H,5-8H2. The summed E-state index contributed by atoms with van der Waals surface area (Å²) in [5.41, 5.74) is 0.328. The Morgan fingerprint density at radius 2 is 2.00 bits per heavy atom. The highest BCUT2D eigenvalue weighted by atomic mass is 16.5. The van der Waals surface area contributed by atoms with Crippen molar-refractivity contribution in [3.8, 4) is 12.1 Å². The predicted octanol–water partition coefficient (Wildman–Crippen LogP) is 0.962. The van der Waals surface area contributed by atoms with Gasteiger partial charge in [0.05, 0.1) is 18.8 Å². The first kappa shape index (κ1) is 14.8. The summed E-state index contributed by atoms with van der Waals surface area (Å²) < 4.78 is 6.73. The van der Waals surface area contributed by atoms with Crippen LogP contribution >= 0.6 is 0 Å². The van der Waals surface area contributed by atoms with Crippen LogP contribution in [-0.4, -0.2) is 35.7 Å². The number of anilines is 1. The zero-order valence-electron chi connectivity index (χ0n) is 12.3. The van der Waals surface area contributed by atoms with Crippen LogP contribution in [-0.2, 0) is 4.74 Å². The third-order valence-electron chi connectivity index (χ3n) is 3.59. The number of hydrogen-bond donors (Lipinski definition) is 0. The molecule has 0 unspecified atom stereocenters. The molecule has 23 heavy (non-hydrogen) atoms. The fourth-order valence-corrected chi connectivity index (χ4v) is 2.47. The normalized spacial score (nSPS) is 14.1. The van der Waals surface area contributed by atoms with E-state index in [1.807, 2.05) is 4.90 Å². The lowest BCUT2D eigenvalue weighted by Crippen LogP contribution is -2.38. The minimum atomic E-state index is -0.305. The van der Waals surface area contributed by atoms with Gasteiger partial charge in [-0.05, 0) is 18.2 Å². The second-order valence-electron chi connectivity index (χ2n) is 4.96. The Kier molecular flexibility index (Phi) is 4.05. The second kappa shape index (κ2) is 6.30. The summed E-state index contributed by atoms with van der Waals surface area (Å²) in [4.78, 5) is 19.3. The van der Waals surface area contributed by atoms with Gasteiger partial charge in [-0.2, -0.15) is 10.5 Å². The number of morpholine rings is 1. The monoisotopic (exact) mass is 307 g/mol. The molecule has 0 aliphatic carbocycles. The van der Waals surface area contributed by atoms with Crippen molar-refractivity contribution in [1.29, 1.82) is 10.5 Å². The molecule has 0 amide bonds. The lowest BCUT2D eigenvalue weighted by atomic mass is 10.2. The van der Waals surface area contributed by atoms with E-state index in [9.17, 15) is 4.79 Å². The molecule has 0 saturated carbocycles. The Balaban J connectivity index is 2.27. The average Bonchev–Trinajstić information content (AvgIpc) is 2.62. The summed E-state index contributed by atoms with van der Waals surface area (Å²) in [6, 6.07) is 8.85. The quantitative estimate of drug-likeness (QED) is 0.767. The number of ether oxygens (including phenoxy) is 1. The molecule has 2 aromatic rings. The van der Waals surface area contributed by atoms with Gasteiger partial charge in [0.15, 0.2) is 0 Å². The predicted molar refractivity (Wildman–Crippen MR) is 83.7 cm³/mol. The maximum absolute atomic E-state index is 12.8. The molecule has 2 aromatic heterocycles. The third-order valence-corrected chi connectivity index (χ3v) is 3.59. The number of allylic oxidation sites excluding steroid dienone is 1. The van der Waals surface area contributed by atoms with E-state index in [2.05, 4.69) is 4.98 Å². The average molecular weight is 307 g/mol. The summed E-state index contributed by atoms with van der Waals surface area (Å²) in [6.45, 7) is 2.29. The first-order valence-electron chi connectivity index (χ1n) is 7.10. The minimum absolute atomic E-state index is 0.130. The number of nitrogens with zero attached hydrogens (tertiary/aromatic N) is 5. The van der Waals surface area contributed by atoms with E-state index in [-0.39, 0.29) is 16.7 Å². The summed E-state index contributed by atoms with van der Waals surface area (Å²) >= 11 is 0. The fraction of sp³-hybridized carbons (Fsp3) is 0.250. The van der Waals surface area contributed by atoms with Crippen molar-refractivity contribution in [2.75, 3.05) is 31.2 Å². The van der Waals surface area contributed by atoms with Crippen LogP contribution in [0.1, 0.15) is 5.56 Å². The summed E-state index contributed by atoms with van der Waals surface area (Å²) in [7, 11) is 0. The molecular formula is C16H13N5O2. The van der Waals surface area contributed by atoms with Crippen molar-refractivity contribution in [2.24, 2.45) is 0 Å². The molecule has 3 rings (SSSR count). The van der Waals surface area contributed by atoms with Crippen molar-refractivity contribution in [3.63, 3.8) is 0 Å². The number of rotatable bonds is 2. The van der Waals surface area contributed by atoms with Gasteiger partial charge in [-0.3, -0.25) is 9.20 Å². The van der Waals surface area contributed by atoms with Gasteiger partial charge >= 0.3 is 0 Å². The number of aromatic nitrogens is 2. The van der Waals surface area contributed by atoms with Crippen molar-refractivity contribution in [1.82, 2.24) is 9.38 Å². The van der Waals surface area contributed by atoms with Gasteiger partial charge in [-0.25, -0.2) is 4.98 Å². The highest BCUT2D eigenvalue weighted by molar-refractivity contribution is 5.71. The first-order chi connectivity index (χ1) is 11.2. The lowest BCUT2D eigenvalue weighted by molar-refractivity contribution is 0.122. The van der Waals surface area contributed by atoms with Crippen LogP contribution in [0.4, 0.5) is 5.82 Å².